The lowest BCUT2D eigenvalue weighted by Gasteiger charge is -2.29. The lowest BCUT2D eigenvalue weighted by atomic mass is 10.2. The minimum Gasteiger partial charge on any atom is -0.458 e. The Balaban J connectivity index is 1.77. The molecular weight excluding hydrogens is 288 g/mol. The summed E-state index contributed by atoms with van der Waals surface area (Å²) in [7, 11) is 0. The second kappa shape index (κ2) is 6.54. The molecule has 6 atom stereocenters. The zero-order valence-corrected chi connectivity index (χ0v) is 13.2. The van der Waals surface area contributed by atoms with Crippen molar-refractivity contribution >= 4 is 11.9 Å². The van der Waals surface area contributed by atoms with Crippen LogP contribution in [0, 0.1) is 0 Å². The van der Waals surface area contributed by atoms with Gasteiger partial charge < -0.3 is 18.9 Å². The number of carbonyl (C=O) groups excluding carboxylic acids is 2. The second-order valence-electron chi connectivity index (χ2n) is 6.45. The van der Waals surface area contributed by atoms with Crippen LogP contribution < -0.4 is 0 Å². The highest BCUT2D eigenvalue weighted by Crippen LogP contribution is 2.30. The summed E-state index contributed by atoms with van der Waals surface area (Å²) in [6.07, 6.45) is 2.57. The molecule has 124 valence electrons. The van der Waals surface area contributed by atoms with Gasteiger partial charge in [0.15, 0.2) is 12.2 Å². The topological polar surface area (TPSA) is 71.1 Å². The first-order valence-corrected chi connectivity index (χ1v) is 8.26. The molecule has 6 nitrogen and oxygen atoms in total. The van der Waals surface area contributed by atoms with Gasteiger partial charge in [0.25, 0.3) is 0 Å². The monoisotopic (exact) mass is 312 g/mol. The first-order valence-electron chi connectivity index (χ1n) is 8.26. The molecule has 3 aliphatic rings. The van der Waals surface area contributed by atoms with Crippen molar-refractivity contribution in [1.29, 1.82) is 0 Å². The Morgan fingerprint density at radius 2 is 1.05 bits per heavy atom. The van der Waals surface area contributed by atoms with Crippen molar-refractivity contribution in [3.63, 3.8) is 0 Å². The Bertz CT molecular complexity index is 396. The lowest BCUT2D eigenvalue weighted by molar-refractivity contribution is -0.192. The van der Waals surface area contributed by atoms with Crippen LogP contribution in [0.15, 0.2) is 0 Å². The highest BCUT2D eigenvalue weighted by molar-refractivity contribution is 5.75. The van der Waals surface area contributed by atoms with Gasteiger partial charge in [0, 0.05) is 0 Å². The molecule has 0 spiro atoms. The molecule has 1 saturated heterocycles. The number of fused-ring (bicyclic) bond motifs is 2. The molecule has 0 radical (unpaired) electrons. The third-order valence-electron chi connectivity index (χ3n) is 4.74. The van der Waals surface area contributed by atoms with Crippen LogP contribution in [-0.4, -0.2) is 48.6 Å². The van der Waals surface area contributed by atoms with E-state index < -0.39 is 12.2 Å². The van der Waals surface area contributed by atoms with Crippen molar-refractivity contribution in [2.45, 2.75) is 89.0 Å². The molecular formula is C16H24O6. The van der Waals surface area contributed by atoms with Crippen LogP contribution in [0.2, 0.25) is 0 Å². The van der Waals surface area contributed by atoms with Crippen molar-refractivity contribution < 1.29 is 28.5 Å². The van der Waals surface area contributed by atoms with Gasteiger partial charge in [-0.1, -0.05) is 0 Å². The molecule has 6 heteroatoms. The molecule has 2 saturated carbocycles. The molecule has 0 aromatic carbocycles. The molecule has 3 rings (SSSR count). The third kappa shape index (κ3) is 3.27. The number of esters is 2. The molecule has 0 N–H and O–H groups in total. The van der Waals surface area contributed by atoms with Gasteiger partial charge in [0.05, 0.1) is 12.2 Å². The van der Waals surface area contributed by atoms with Crippen LogP contribution in [-0.2, 0) is 28.5 Å². The molecule has 3 fully saturated rings. The van der Waals surface area contributed by atoms with Crippen LogP contribution in [0.5, 0.6) is 0 Å². The van der Waals surface area contributed by atoms with Crippen LogP contribution in [0.3, 0.4) is 0 Å². The molecule has 0 aromatic heterocycles. The van der Waals surface area contributed by atoms with Gasteiger partial charge >= 0.3 is 11.9 Å². The maximum absolute atomic E-state index is 12.2. The summed E-state index contributed by atoms with van der Waals surface area (Å²) in [6, 6.07) is 0. The fourth-order valence-corrected chi connectivity index (χ4v) is 3.49. The van der Waals surface area contributed by atoms with Crippen molar-refractivity contribution in [2.75, 3.05) is 0 Å². The highest BCUT2D eigenvalue weighted by Gasteiger charge is 2.39. The number of carbonyl (C=O) groups is 2. The standard InChI is InChI=1S/C16H24O6/c1-9-15(17)21-14-8-4-6-12(14)20-10(2)16(18)22-13-7-3-5-11(13)19-9/h9-14H,3-8H2,1-2H3. The number of ether oxygens (including phenoxy) is 4. The Morgan fingerprint density at radius 1 is 0.682 bits per heavy atom. The van der Waals surface area contributed by atoms with E-state index in [1.165, 1.54) is 0 Å². The van der Waals surface area contributed by atoms with Crippen LogP contribution in [0.1, 0.15) is 52.4 Å². The van der Waals surface area contributed by atoms with E-state index in [9.17, 15) is 9.59 Å². The van der Waals surface area contributed by atoms with Crippen molar-refractivity contribution in [3.05, 3.63) is 0 Å². The first kappa shape index (κ1) is 15.7. The van der Waals surface area contributed by atoms with Gasteiger partial charge in [-0.05, 0) is 52.4 Å². The van der Waals surface area contributed by atoms with Gasteiger partial charge in [-0.15, -0.1) is 0 Å². The Kier molecular flexibility index (Phi) is 4.68. The van der Waals surface area contributed by atoms with Crippen LogP contribution >= 0.6 is 0 Å². The molecule has 6 unspecified atom stereocenters. The fraction of sp³-hybridized carbons (Fsp3) is 0.875. The highest BCUT2D eigenvalue weighted by atomic mass is 16.6. The average Bonchev–Trinajstić information content (AvgIpc) is 3.08. The van der Waals surface area contributed by atoms with Crippen molar-refractivity contribution in [1.82, 2.24) is 0 Å². The number of hydrogen-bond donors (Lipinski definition) is 0. The molecule has 1 aliphatic heterocycles. The van der Waals surface area contributed by atoms with Crippen molar-refractivity contribution in [3.8, 4) is 0 Å². The van der Waals surface area contributed by atoms with Crippen LogP contribution in [0.4, 0.5) is 0 Å². The SMILES string of the molecule is CC1OC2CCCC2OC(=O)C(C)OC2CCCC2OC1=O. The normalized spacial score (nSPS) is 43.4. The van der Waals surface area contributed by atoms with E-state index >= 15 is 0 Å². The van der Waals surface area contributed by atoms with Crippen LogP contribution in [0.25, 0.3) is 0 Å². The minimum atomic E-state index is -0.651. The third-order valence-corrected chi connectivity index (χ3v) is 4.74. The van der Waals surface area contributed by atoms with Gasteiger partial charge in [0.1, 0.15) is 12.2 Å². The molecule has 22 heavy (non-hydrogen) atoms. The predicted molar refractivity (Wildman–Crippen MR) is 76.1 cm³/mol. The summed E-state index contributed by atoms with van der Waals surface area (Å²) in [5.41, 5.74) is 0. The maximum atomic E-state index is 12.2. The zero-order valence-electron chi connectivity index (χ0n) is 13.2. The zero-order chi connectivity index (χ0) is 15.7. The fourth-order valence-electron chi connectivity index (χ4n) is 3.49. The van der Waals surface area contributed by atoms with Gasteiger partial charge in [0.2, 0.25) is 0 Å². The summed E-state index contributed by atoms with van der Waals surface area (Å²) in [6.45, 7) is 3.39. The molecule has 0 bridgehead atoms. The minimum absolute atomic E-state index is 0.238. The second-order valence-corrected chi connectivity index (χ2v) is 6.45. The smallest absolute Gasteiger partial charge is 0.335 e. The van der Waals surface area contributed by atoms with E-state index in [-0.39, 0.29) is 36.4 Å². The maximum Gasteiger partial charge on any atom is 0.335 e. The van der Waals surface area contributed by atoms with E-state index in [0.29, 0.717) is 0 Å². The van der Waals surface area contributed by atoms with E-state index in [1.54, 1.807) is 13.8 Å². The molecule has 0 aromatic rings. The summed E-state index contributed by atoms with van der Waals surface area (Å²) in [4.78, 5) is 24.4. The molecule has 0 amide bonds. The summed E-state index contributed by atoms with van der Waals surface area (Å²) >= 11 is 0. The van der Waals surface area contributed by atoms with Gasteiger partial charge in [-0.3, -0.25) is 0 Å². The first-order chi connectivity index (χ1) is 10.5. The van der Waals surface area contributed by atoms with Gasteiger partial charge in [-0.2, -0.15) is 0 Å². The Morgan fingerprint density at radius 3 is 1.45 bits per heavy atom. The van der Waals surface area contributed by atoms with E-state index in [0.717, 1.165) is 38.5 Å². The number of hydrogen-bond acceptors (Lipinski definition) is 6. The Hall–Kier alpha value is -1.14. The average molecular weight is 312 g/mol. The van der Waals surface area contributed by atoms with E-state index in [2.05, 4.69) is 0 Å². The van der Waals surface area contributed by atoms with Crippen molar-refractivity contribution in [2.24, 2.45) is 0 Å². The summed E-state index contributed by atoms with van der Waals surface area (Å²) in [5, 5.41) is 0. The van der Waals surface area contributed by atoms with E-state index in [4.69, 9.17) is 18.9 Å². The van der Waals surface area contributed by atoms with E-state index in [1.807, 2.05) is 0 Å². The predicted octanol–water partition coefficient (Wildman–Crippen LogP) is 1.74. The summed E-state index contributed by atoms with van der Waals surface area (Å²) in [5.74, 6) is -0.712. The number of rotatable bonds is 0. The van der Waals surface area contributed by atoms with Gasteiger partial charge in [-0.25, -0.2) is 9.59 Å². The summed E-state index contributed by atoms with van der Waals surface area (Å²) < 4.78 is 22.7. The largest absolute Gasteiger partial charge is 0.458 e. The molecule has 1 heterocycles. The molecule has 2 aliphatic carbocycles. The quantitative estimate of drug-likeness (QED) is 0.635. The Labute approximate surface area is 130 Å². The lowest BCUT2D eigenvalue weighted by Crippen LogP contribution is -2.42.